The lowest BCUT2D eigenvalue weighted by molar-refractivity contribution is -0.141. The Morgan fingerprint density at radius 2 is 2.00 bits per heavy atom. The number of carboxylic acid groups (broad SMARTS) is 1. The molecule has 1 aliphatic rings. The summed E-state index contributed by atoms with van der Waals surface area (Å²) < 4.78 is 7.10. The predicted molar refractivity (Wildman–Crippen MR) is 95.4 cm³/mol. The number of para-hydroxylation sites is 1. The van der Waals surface area contributed by atoms with Gasteiger partial charge >= 0.3 is 5.97 Å². The molecule has 0 spiro atoms. The molecule has 7 heteroatoms. The van der Waals surface area contributed by atoms with E-state index in [4.69, 9.17) is 4.74 Å². The first-order valence-corrected chi connectivity index (χ1v) is 8.61. The zero-order valence-corrected chi connectivity index (χ0v) is 15.1. The monoisotopic (exact) mass is 357 g/mol. The molecule has 26 heavy (non-hydrogen) atoms. The first-order valence-electron chi connectivity index (χ1n) is 8.61. The van der Waals surface area contributed by atoms with Crippen LogP contribution in [0.1, 0.15) is 41.7 Å². The van der Waals surface area contributed by atoms with E-state index in [2.05, 4.69) is 5.10 Å². The van der Waals surface area contributed by atoms with Gasteiger partial charge in [-0.2, -0.15) is 5.10 Å². The van der Waals surface area contributed by atoms with Crippen LogP contribution in [0.2, 0.25) is 0 Å². The van der Waals surface area contributed by atoms with E-state index >= 15 is 0 Å². The van der Waals surface area contributed by atoms with Crippen molar-refractivity contribution >= 4 is 11.9 Å². The number of nitrogens with zero attached hydrogens (tertiary/aromatic N) is 3. The van der Waals surface area contributed by atoms with Gasteiger partial charge in [-0.1, -0.05) is 18.2 Å². The Bertz CT molecular complexity index is 815. The Labute approximate surface area is 152 Å². The molecular weight excluding hydrogens is 334 g/mol. The van der Waals surface area contributed by atoms with E-state index in [0.717, 1.165) is 5.56 Å². The van der Waals surface area contributed by atoms with Gasteiger partial charge in [-0.05, 0) is 25.5 Å². The SMILES string of the molecule is COc1ccccc1[C@@H]1CN(C(=O)c2cnn(C(C)C)c2)C[C@H]1C(=O)O. The topological polar surface area (TPSA) is 84.7 Å². The first-order chi connectivity index (χ1) is 12.4. The number of benzene rings is 1. The van der Waals surface area contributed by atoms with Gasteiger partial charge in [-0.3, -0.25) is 14.3 Å². The molecule has 0 radical (unpaired) electrons. The van der Waals surface area contributed by atoms with E-state index in [0.29, 0.717) is 17.9 Å². The van der Waals surface area contributed by atoms with E-state index < -0.39 is 11.9 Å². The first kappa shape index (κ1) is 18.0. The van der Waals surface area contributed by atoms with Gasteiger partial charge in [-0.15, -0.1) is 0 Å². The highest BCUT2D eigenvalue weighted by molar-refractivity contribution is 5.94. The van der Waals surface area contributed by atoms with Crippen LogP contribution in [0.15, 0.2) is 36.7 Å². The standard InChI is InChI=1S/C19H23N3O4/c1-12(2)22-9-13(8-20-22)18(23)21-10-15(16(11-21)19(24)25)14-6-4-5-7-17(14)26-3/h4-9,12,15-16H,10-11H2,1-3H3,(H,24,25)/t15-,16+/m0/s1. The second-order valence-electron chi connectivity index (χ2n) is 6.81. The van der Waals surface area contributed by atoms with Crippen molar-refractivity contribution in [3.8, 4) is 5.75 Å². The summed E-state index contributed by atoms with van der Waals surface area (Å²) >= 11 is 0. The molecule has 2 atom stereocenters. The number of hydrogen-bond donors (Lipinski definition) is 1. The Balaban J connectivity index is 1.87. The molecule has 1 aromatic heterocycles. The van der Waals surface area contributed by atoms with Crippen molar-refractivity contribution in [2.75, 3.05) is 20.2 Å². The molecule has 2 aromatic rings. The number of ether oxygens (including phenoxy) is 1. The summed E-state index contributed by atoms with van der Waals surface area (Å²) in [7, 11) is 1.56. The Morgan fingerprint density at radius 1 is 1.27 bits per heavy atom. The van der Waals surface area contributed by atoms with Crippen LogP contribution < -0.4 is 4.74 Å². The van der Waals surface area contributed by atoms with E-state index in [1.165, 1.54) is 6.20 Å². The molecule has 1 aliphatic heterocycles. The van der Waals surface area contributed by atoms with Crippen molar-refractivity contribution in [3.05, 3.63) is 47.8 Å². The minimum Gasteiger partial charge on any atom is -0.496 e. The van der Waals surface area contributed by atoms with Crippen LogP contribution in [0, 0.1) is 5.92 Å². The Morgan fingerprint density at radius 3 is 2.62 bits per heavy atom. The molecule has 1 N–H and O–H groups in total. The van der Waals surface area contributed by atoms with Gasteiger partial charge in [-0.25, -0.2) is 0 Å². The summed E-state index contributed by atoms with van der Waals surface area (Å²) in [6.45, 7) is 4.47. The quantitative estimate of drug-likeness (QED) is 0.888. The van der Waals surface area contributed by atoms with Gasteiger partial charge < -0.3 is 14.7 Å². The summed E-state index contributed by atoms with van der Waals surface area (Å²) in [5.74, 6) is -1.44. The molecule has 3 rings (SSSR count). The third kappa shape index (κ3) is 3.29. The number of aromatic nitrogens is 2. The number of rotatable bonds is 5. The van der Waals surface area contributed by atoms with Gasteiger partial charge in [0.2, 0.25) is 0 Å². The van der Waals surface area contributed by atoms with Crippen molar-refractivity contribution in [1.82, 2.24) is 14.7 Å². The maximum Gasteiger partial charge on any atom is 0.308 e. The lowest BCUT2D eigenvalue weighted by Gasteiger charge is -2.18. The molecular formula is C19H23N3O4. The Hall–Kier alpha value is -2.83. The molecule has 0 saturated carbocycles. The summed E-state index contributed by atoms with van der Waals surface area (Å²) in [5, 5.41) is 13.9. The van der Waals surface area contributed by atoms with Crippen LogP contribution in [0.25, 0.3) is 0 Å². The van der Waals surface area contributed by atoms with E-state index in [9.17, 15) is 14.7 Å². The van der Waals surface area contributed by atoms with Gasteiger partial charge in [0.15, 0.2) is 0 Å². The molecule has 1 aromatic carbocycles. The van der Waals surface area contributed by atoms with Crippen molar-refractivity contribution in [2.45, 2.75) is 25.8 Å². The van der Waals surface area contributed by atoms with Gasteiger partial charge in [0.25, 0.3) is 5.91 Å². The number of likely N-dealkylation sites (tertiary alicyclic amines) is 1. The average molecular weight is 357 g/mol. The second kappa shape index (κ2) is 7.19. The number of methoxy groups -OCH3 is 1. The molecule has 0 aliphatic carbocycles. The average Bonchev–Trinajstić information content (AvgIpc) is 3.28. The minimum atomic E-state index is -0.908. The molecule has 7 nitrogen and oxygen atoms in total. The predicted octanol–water partition coefficient (Wildman–Crippen LogP) is 2.41. The molecule has 1 fully saturated rings. The maximum atomic E-state index is 12.8. The fourth-order valence-corrected chi connectivity index (χ4v) is 3.42. The molecule has 1 saturated heterocycles. The van der Waals surface area contributed by atoms with Gasteiger partial charge in [0.1, 0.15) is 5.75 Å². The van der Waals surface area contributed by atoms with Crippen LogP contribution >= 0.6 is 0 Å². The summed E-state index contributed by atoms with van der Waals surface area (Å²) in [6.07, 6.45) is 3.24. The van der Waals surface area contributed by atoms with Crippen LogP contribution in [-0.4, -0.2) is 51.9 Å². The fourth-order valence-electron chi connectivity index (χ4n) is 3.42. The lowest BCUT2D eigenvalue weighted by atomic mass is 9.88. The molecule has 2 heterocycles. The van der Waals surface area contributed by atoms with Crippen molar-refractivity contribution in [2.24, 2.45) is 5.92 Å². The largest absolute Gasteiger partial charge is 0.496 e. The van der Waals surface area contributed by atoms with Gasteiger partial charge in [0.05, 0.1) is 24.8 Å². The third-order valence-electron chi connectivity index (χ3n) is 4.84. The van der Waals surface area contributed by atoms with Gasteiger partial charge in [0, 0.05) is 31.2 Å². The number of aliphatic carboxylic acids is 1. The minimum absolute atomic E-state index is 0.156. The summed E-state index contributed by atoms with van der Waals surface area (Å²) in [6, 6.07) is 7.53. The van der Waals surface area contributed by atoms with Crippen LogP contribution in [0.3, 0.4) is 0 Å². The number of amides is 1. The summed E-state index contributed by atoms with van der Waals surface area (Å²) in [4.78, 5) is 26.2. The zero-order valence-electron chi connectivity index (χ0n) is 15.1. The zero-order chi connectivity index (χ0) is 18.8. The number of hydrogen-bond acceptors (Lipinski definition) is 4. The molecule has 0 unspecified atom stereocenters. The van der Waals surface area contributed by atoms with E-state index in [1.54, 1.807) is 22.9 Å². The smallest absolute Gasteiger partial charge is 0.308 e. The number of carboxylic acids is 1. The summed E-state index contributed by atoms with van der Waals surface area (Å²) in [5.41, 5.74) is 1.29. The van der Waals surface area contributed by atoms with E-state index in [1.807, 2.05) is 38.1 Å². The number of carbonyl (C=O) groups excluding carboxylic acids is 1. The molecule has 138 valence electrons. The van der Waals surface area contributed by atoms with Crippen LogP contribution in [-0.2, 0) is 4.79 Å². The highest BCUT2D eigenvalue weighted by atomic mass is 16.5. The number of carbonyl (C=O) groups is 2. The van der Waals surface area contributed by atoms with Crippen LogP contribution in [0.4, 0.5) is 0 Å². The highest BCUT2D eigenvalue weighted by Crippen LogP contribution is 2.38. The van der Waals surface area contributed by atoms with Crippen molar-refractivity contribution < 1.29 is 19.4 Å². The fraction of sp³-hybridized carbons (Fsp3) is 0.421. The maximum absolute atomic E-state index is 12.8. The van der Waals surface area contributed by atoms with Crippen molar-refractivity contribution in [1.29, 1.82) is 0 Å². The Kier molecular flexibility index (Phi) is 4.97. The van der Waals surface area contributed by atoms with Crippen LogP contribution in [0.5, 0.6) is 5.75 Å². The third-order valence-corrected chi connectivity index (χ3v) is 4.84. The van der Waals surface area contributed by atoms with E-state index in [-0.39, 0.29) is 24.4 Å². The molecule has 1 amide bonds. The molecule has 0 bridgehead atoms. The normalized spacial score (nSPS) is 19.8. The second-order valence-corrected chi connectivity index (χ2v) is 6.81. The lowest BCUT2D eigenvalue weighted by Crippen LogP contribution is -2.29. The van der Waals surface area contributed by atoms with Crippen molar-refractivity contribution in [3.63, 3.8) is 0 Å². The highest BCUT2D eigenvalue weighted by Gasteiger charge is 2.42.